The molecule has 0 spiro atoms. The molecule has 4 heterocycles. The van der Waals surface area contributed by atoms with Crippen molar-refractivity contribution in [3.63, 3.8) is 0 Å². The molecule has 0 bridgehead atoms. The first-order valence-electron chi connectivity index (χ1n) is 16.4. The predicted octanol–water partition coefficient (Wildman–Crippen LogP) is 4.02. The van der Waals surface area contributed by atoms with Gasteiger partial charge in [0.25, 0.3) is 0 Å². The molecule has 1 atom stereocenters. The molecule has 4 aromatic rings. The van der Waals surface area contributed by atoms with Crippen molar-refractivity contribution >= 4 is 52.8 Å². The summed E-state index contributed by atoms with van der Waals surface area (Å²) >= 11 is 13.1. The third kappa shape index (κ3) is 9.29. The number of nitrogens with zero attached hydrogens (tertiary/aromatic N) is 5. The number of carbonyl (C=O) groups excluding carboxylic acids is 3. The van der Waals surface area contributed by atoms with E-state index >= 15 is 0 Å². The van der Waals surface area contributed by atoms with Gasteiger partial charge in [0, 0.05) is 56.2 Å². The molecule has 1 unspecified atom stereocenters. The Morgan fingerprint density at radius 1 is 1.14 bits per heavy atom. The van der Waals surface area contributed by atoms with Crippen molar-refractivity contribution in [2.45, 2.75) is 44.9 Å². The molecule has 1 aliphatic heterocycles. The molecule has 15 heteroatoms. The van der Waals surface area contributed by atoms with E-state index in [1.165, 1.54) is 4.90 Å². The molecular weight excluding hydrogens is 683 g/mol. The fourth-order valence-corrected chi connectivity index (χ4v) is 6.24. The Labute approximate surface area is 301 Å². The molecular formula is C35H44Cl2N8O5. The van der Waals surface area contributed by atoms with E-state index in [1.54, 1.807) is 62.6 Å². The Morgan fingerprint density at radius 3 is 2.54 bits per heavy atom. The maximum atomic E-state index is 12.3. The number of urea groups is 1. The molecule has 13 nitrogen and oxygen atoms in total. The van der Waals surface area contributed by atoms with Gasteiger partial charge in [0.2, 0.25) is 5.91 Å². The normalized spacial score (nSPS) is 13.7. The smallest absolute Gasteiger partial charge is 0.317 e. The van der Waals surface area contributed by atoms with Crippen LogP contribution in [0.1, 0.15) is 48.5 Å². The first-order valence-corrected chi connectivity index (χ1v) is 17.1. The van der Waals surface area contributed by atoms with Crippen LogP contribution in [0.3, 0.4) is 0 Å². The number of aliphatic hydroxyl groups excluding tert-OH is 1. The number of nitrogens with one attached hydrogen (secondary N) is 3. The number of fused-ring (bicyclic) bond motifs is 1. The van der Waals surface area contributed by atoms with E-state index < -0.39 is 6.10 Å². The summed E-state index contributed by atoms with van der Waals surface area (Å²) in [6, 6.07) is 12.8. The summed E-state index contributed by atoms with van der Waals surface area (Å²) in [6.07, 6.45) is 5.85. The molecule has 4 N–H and O–H groups in total. The lowest BCUT2D eigenvalue weighted by Crippen LogP contribution is -2.47. The summed E-state index contributed by atoms with van der Waals surface area (Å²) in [6.45, 7) is 4.15. The van der Waals surface area contributed by atoms with Crippen molar-refractivity contribution in [2.75, 3.05) is 52.2 Å². The van der Waals surface area contributed by atoms with E-state index in [2.05, 4.69) is 20.9 Å². The van der Waals surface area contributed by atoms with Crippen molar-refractivity contribution in [3.8, 4) is 5.75 Å². The van der Waals surface area contributed by atoms with Gasteiger partial charge in [0.1, 0.15) is 19.0 Å². The van der Waals surface area contributed by atoms with E-state index in [1.807, 2.05) is 29.7 Å². The van der Waals surface area contributed by atoms with E-state index in [0.717, 1.165) is 37.9 Å². The van der Waals surface area contributed by atoms with E-state index in [4.69, 9.17) is 32.9 Å². The Balaban J connectivity index is 0.000000337. The molecule has 5 rings (SSSR count). The summed E-state index contributed by atoms with van der Waals surface area (Å²) in [7, 11) is 5.00. The average Bonchev–Trinajstić information content (AvgIpc) is 3.53. The van der Waals surface area contributed by atoms with Gasteiger partial charge in [0.05, 0.1) is 40.9 Å². The van der Waals surface area contributed by atoms with E-state index in [9.17, 15) is 19.5 Å². The number of aromatic nitrogens is 3. The van der Waals surface area contributed by atoms with Gasteiger partial charge in [-0.2, -0.15) is 0 Å². The summed E-state index contributed by atoms with van der Waals surface area (Å²) in [5, 5.41) is 20.4. The standard InChI is InChI=1S/C26H27Cl2N5O3.C9H17N3O2/c1-4-18-24(25(35)19-8-5-6-12-30-19)33-13-7-9-21(26(33)31-18)36-15-16-17(27)10-11-20(23(16)28)32(3)22(34)14-29-2;1-10-9(14)12-5-2-8(3-6-12)11-4-7-13/h5-13,25,29,35H,4,14-15H2,1-3H3;7-8,11H,2-6H2,1H3,(H,10,14). The van der Waals surface area contributed by atoms with Gasteiger partial charge in [0.15, 0.2) is 11.4 Å². The Morgan fingerprint density at radius 2 is 1.90 bits per heavy atom. The number of hydrogen-bond acceptors (Lipinski definition) is 9. The maximum absolute atomic E-state index is 12.3. The van der Waals surface area contributed by atoms with Gasteiger partial charge in [-0.05, 0) is 62.7 Å². The number of imidazole rings is 1. The highest BCUT2D eigenvalue weighted by molar-refractivity contribution is 6.38. The van der Waals surface area contributed by atoms with Gasteiger partial charge >= 0.3 is 6.03 Å². The molecule has 0 saturated carbocycles. The van der Waals surface area contributed by atoms with Crippen molar-refractivity contribution in [1.82, 2.24) is 35.2 Å². The molecule has 268 valence electrons. The number of aryl methyl sites for hydroxylation is 1. The number of hydrogen-bond donors (Lipinski definition) is 4. The number of aldehydes is 1. The molecule has 1 aliphatic rings. The Kier molecular flexibility index (Phi) is 14.4. The van der Waals surface area contributed by atoms with Gasteiger partial charge in [-0.15, -0.1) is 0 Å². The summed E-state index contributed by atoms with van der Waals surface area (Å²) in [4.78, 5) is 46.0. The lowest BCUT2D eigenvalue weighted by atomic mass is 10.1. The number of pyridine rings is 2. The zero-order valence-corrected chi connectivity index (χ0v) is 30.2. The third-order valence-electron chi connectivity index (χ3n) is 8.38. The molecule has 3 aromatic heterocycles. The summed E-state index contributed by atoms with van der Waals surface area (Å²) in [5.74, 6) is 0.366. The number of piperidine rings is 1. The number of benzene rings is 1. The zero-order chi connectivity index (χ0) is 36.2. The van der Waals surface area contributed by atoms with Crippen LogP contribution in [0.15, 0.2) is 54.9 Å². The van der Waals surface area contributed by atoms with Crippen LogP contribution in [0, 0.1) is 0 Å². The fraction of sp³-hybridized carbons (Fsp3) is 0.400. The minimum atomic E-state index is -0.947. The van der Waals surface area contributed by atoms with Crippen LogP contribution in [-0.2, 0) is 22.6 Å². The molecule has 3 amide bonds. The molecule has 50 heavy (non-hydrogen) atoms. The number of aliphatic hydroxyl groups is 1. The van der Waals surface area contributed by atoms with Gasteiger partial charge in [-0.1, -0.05) is 36.2 Å². The first-order chi connectivity index (χ1) is 24.1. The van der Waals surface area contributed by atoms with E-state index in [0.29, 0.717) is 63.1 Å². The fourth-order valence-electron chi connectivity index (χ4n) is 5.64. The van der Waals surface area contributed by atoms with Crippen molar-refractivity contribution in [2.24, 2.45) is 0 Å². The number of rotatable bonds is 12. The van der Waals surface area contributed by atoms with Crippen LogP contribution in [-0.4, -0.2) is 96.0 Å². The zero-order valence-electron chi connectivity index (χ0n) is 28.7. The second kappa shape index (κ2) is 18.6. The molecule has 1 aromatic carbocycles. The minimum absolute atomic E-state index is 0.0150. The second-order valence-electron chi connectivity index (χ2n) is 11.5. The number of likely N-dealkylation sites (N-methyl/N-ethyl adjacent to an activating group) is 2. The molecule has 1 fully saturated rings. The van der Waals surface area contributed by atoms with Gasteiger partial charge in [-0.3, -0.25) is 14.2 Å². The molecule has 0 radical (unpaired) electrons. The second-order valence-corrected chi connectivity index (χ2v) is 12.3. The largest absolute Gasteiger partial charge is 0.485 e. The molecule has 1 saturated heterocycles. The SMILES string of the molecule is CCc1nc2c(OCc3c(Cl)ccc(N(C)C(=O)CNC)c3Cl)cccn2c1C(O)c1ccccn1.CNC(=O)N1CCC(NCC=O)CC1. The van der Waals surface area contributed by atoms with Crippen molar-refractivity contribution in [3.05, 3.63) is 87.5 Å². The summed E-state index contributed by atoms with van der Waals surface area (Å²) < 4.78 is 7.96. The number of amides is 3. The number of ether oxygens (including phenoxy) is 1. The number of halogens is 2. The predicted molar refractivity (Wildman–Crippen MR) is 194 cm³/mol. The highest BCUT2D eigenvalue weighted by Gasteiger charge is 2.24. The van der Waals surface area contributed by atoms with Gasteiger partial charge < -0.3 is 40.4 Å². The van der Waals surface area contributed by atoms with Gasteiger partial charge in [-0.25, -0.2) is 9.78 Å². The quantitative estimate of drug-likeness (QED) is 0.159. The van der Waals surface area contributed by atoms with Crippen LogP contribution >= 0.6 is 23.2 Å². The highest BCUT2D eigenvalue weighted by atomic mass is 35.5. The topological polar surface area (TPSA) is 153 Å². The van der Waals surface area contributed by atoms with Crippen LogP contribution in [0.2, 0.25) is 10.0 Å². The first kappa shape index (κ1) is 38.5. The Bertz CT molecular complexity index is 1750. The van der Waals surface area contributed by atoms with Crippen molar-refractivity contribution < 1.29 is 24.2 Å². The average molecular weight is 728 g/mol. The van der Waals surface area contributed by atoms with Crippen LogP contribution < -0.4 is 25.6 Å². The van der Waals surface area contributed by atoms with Crippen LogP contribution in [0.5, 0.6) is 5.75 Å². The lowest BCUT2D eigenvalue weighted by molar-refractivity contribution is -0.117. The minimum Gasteiger partial charge on any atom is -0.485 e. The highest BCUT2D eigenvalue weighted by Crippen LogP contribution is 2.35. The molecule has 0 aliphatic carbocycles. The van der Waals surface area contributed by atoms with Crippen molar-refractivity contribution in [1.29, 1.82) is 0 Å². The van der Waals surface area contributed by atoms with Crippen LogP contribution in [0.25, 0.3) is 5.65 Å². The number of carbonyl (C=O) groups is 3. The van der Waals surface area contributed by atoms with E-state index in [-0.39, 0.29) is 25.1 Å². The maximum Gasteiger partial charge on any atom is 0.317 e. The lowest BCUT2D eigenvalue weighted by Gasteiger charge is -2.31. The monoisotopic (exact) mass is 726 g/mol. The number of anilines is 1. The summed E-state index contributed by atoms with van der Waals surface area (Å²) in [5.41, 5.74) is 3.56. The van der Waals surface area contributed by atoms with Crippen LogP contribution in [0.4, 0.5) is 10.5 Å². The third-order valence-corrected chi connectivity index (χ3v) is 9.15. The Hall–Kier alpha value is -4.27. The number of likely N-dealkylation sites (tertiary alicyclic amines) is 1.